The second kappa shape index (κ2) is 6.76. The number of thioether (sulfide) groups is 1. The van der Waals surface area contributed by atoms with Gasteiger partial charge in [-0.3, -0.25) is 4.79 Å². The number of aromatic nitrogens is 3. The van der Waals surface area contributed by atoms with Crippen LogP contribution < -0.4 is 5.84 Å². The SMILES string of the molecule is C[C@H](Sc1nnc(-c2ccc(Cl)cc2Cl)n1N)C(=O)N(C)C. The minimum atomic E-state index is -0.324. The topological polar surface area (TPSA) is 77.0 Å². The summed E-state index contributed by atoms with van der Waals surface area (Å²) >= 11 is 13.3. The molecular formula is C13H15Cl2N5OS. The van der Waals surface area contributed by atoms with Crippen LogP contribution in [0.15, 0.2) is 23.4 Å². The van der Waals surface area contributed by atoms with Gasteiger partial charge in [0.2, 0.25) is 11.1 Å². The quantitative estimate of drug-likeness (QED) is 0.670. The maximum absolute atomic E-state index is 11.9. The molecule has 0 saturated heterocycles. The van der Waals surface area contributed by atoms with Crippen molar-refractivity contribution >= 4 is 40.9 Å². The van der Waals surface area contributed by atoms with Crippen LogP contribution in [0.3, 0.4) is 0 Å². The summed E-state index contributed by atoms with van der Waals surface area (Å²) in [6.45, 7) is 1.79. The molecule has 1 atom stereocenters. The number of nitrogens with two attached hydrogens (primary N) is 1. The second-order valence-corrected chi connectivity index (χ2v) is 6.94. The summed E-state index contributed by atoms with van der Waals surface area (Å²) in [4.78, 5) is 13.4. The molecule has 0 aliphatic carbocycles. The third kappa shape index (κ3) is 3.48. The lowest BCUT2D eigenvalue weighted by atomic mass is 10.2. The molecule has 118 valence electrons. The molecule has 1 amide bonds. The number of hydrogen-bond acceptors (Lipinski definition) is 5. The smallest absolute Gasteiger partial charge is 0.235 e. The van der Waals surface area contributed by atoms with E-state index in [0.717, 1.165) is 0 Å². The van der Waals surface area contributed by atoms with Gasteiger partial charge in [-0.2, -0.15) is 0 Å². The van der Waals surface area contributed by atoms with Crippen molar-refractivity contribution in [3.8, 4) is 11.4 Å². The van der Waals surface area contributed by atoms with Gasteiger partial charge in [0.25, 0.3) is 0 Å². The monoisotopic (exact) mass is 359 g/mol. The first kappa shape index (κ1) is 16.9. The summed E-state index contributed by atoms with van der Waals surface area (Å²) in [5.74, 6) is 6.40. The minimum Gasteiger partial charge on any atom is -0.348 e. The van der Waals surface area contributed by atoms with Crippen LogP contribution in [0.2, 0.25) is 10.0 Å². The molecule has 0 bridgehead atoms. The third-order valence-electron chi connectivity index (χ3n) is 2.91. The first-order chi connectivity index (χ1) is 10.3. The Morgan fingerprint density at radius 2 is 2.05 bits per heavy atom. The van der Waals surface area contributed by atoms with E-state index in [1.165, 1.54) is 21.3 Å². The molecule has 9 heteroatoms. The highest BCUT2D eigenvalue weighted by molar-refractivity contribution is 8.00. The third-order valence-corrected chi connectivity index (χ3v) is 4.50. The van der Waals surface area contributed by atoms with Gasteiger partial charge in [-0.1, -0.05) is 35.0 Å². The number of benzene rings is 1. The molecule has 2 aromatic rings. The molecule has 0 fully saturated rings. The van der Waals surface area contributed by atoms with E-state index >= 15 is 0 Å². The molecule has 2 N–H and O–H groups in total. The van der Waals surface area contributed by atoms with Crippen molar-refractivity contribution < 1.29 is 4.79 Å². The largest absolute Gasteiger partial charge is 0.348 e. The first-order valence-electron chi connectivity index (χ1n) is 6.35. The number of nitrogens with zero attached hydrogens (tertiary/aromatic N) is 4. The summed E-state index contributed by atoms with van der Waals surface area (Å²) in [6, 6.07) is 5.03. The van der Waals surface area contributed by atoms with E-state index < -0.39 is 0 Å². The van der Waals surface area contributed by atoms with Gasteiger partial charge in [0.1, 0.15) is 0 Å². The van der Waals surface area contributed by atoms with E-state index in [0.29, 0.717) is 26.6 Å². The molecule has 6 nitrogen and oxygen atoms in total. The van der Waals surface area contributed by atoms with Crippen LogP contribution in [0, 0.1) is 0 Å². The Kier molecular flexibility index (Phi) is 5.20. The van der Waals surface area contributed by atoms with Crippen molar-refractivity contribution in [3.63, 3.8) is 0 Å². The zero-order chi connectivity index (χ0) is 16.4. The molecule has 1 heterocycles. The van der Waals surface area contributed by atoms with Crippen LogP contribution in [-0.4, -0.2) is 45.0 Å². The Morgan fingerprint density at radius 3 is 2.64 bits per heavy atom. The molecular weight excluding hydrogens is 345 g/mol. The Balaban J connectivity index is 2.28. The number of carbonyl (C=O) groups excluding carboxylic acids is 1. The predicted octanol–water partition coefficient (Wildman–Crippen LogP) is 2.53. The molecule has 0 unspecified atom stereocenters. The Labute approximate surface area is 142 Å². The van der Waals surface area contributed by atoms with Crippen LogP contribution in [0.25, 0.3) is 11.4 Å². The zero-order valence-corrected chi connectivity index (χ0v) is 14.6. The van der Waals surface area contributed by atoms with E-state index in [4.69, 9.17) is 29.0 Å². The van der Waals surface area contributed by atoms with Crippen molar-refractivity contribution in [2.75, 3.05) is 19.9 Å². The Bertz CT molecular complexity index is 704. The molecule has 0 saturated carbocycles. The van der Waals surface area contributed by atoms with Gasteiger partial charge < -0.3 is 10.7 Å². The van der Waals surface area contributed by atoms with Gasteiger partial charge in [-0.05, 0) is 25.1 Å². The number of amides is 1. The van der Waals surface area contributed by atoms with Crippen molar-refractivity contribution in [2.24, 2.45) is 0 Å². The maximum Gasteiger partial charge on any atom is 0.235 e. The van der Waals surface area contributed by atoms with Gasteiger partial charge in [0.05, 0.1) is 10.3 Å². The van der Waals surface area contributed by atoms with Crippen molar-refractivity contribution in [2.45, 2.75) is 17.3 Å². The van der Waals surface area contributed by atoms with Crippen LogP contribution in [0.5, 0.6) is 0 Å². The lowest BCUT2D eigenvalue weighted by molar-refractivity contribution is -0.127. The normalized spacial score (nSPS) is 12.2. The number of halogens is 2. The van der Waals surface area contributed by atoms with Crippen LogP contribution in [0.4, 0.5) is 0 Å². The van der Waals surface area contributed by atoms with E-state index in [1.807, 2.05) is 0 Å². The number of carbonyl (C=O) groups is 1. The first-order valence-corrected chi connectivity index (χ1v) is 7.98. The van der Waals surface area contributed by atoms with Crippen molar-refractivity contribution in [3.05, 3.63) is 28.2 Å². The fourth-order valence-electron chi connectivity index (χ4n) is 1.78. The average Bonchev–Trinajstić information content (AvgIpc) is 2.79. The predicted molar refractivity (Wildman–Crippen MR) is 89.6 cm³/mol. The van der Waals surface area contributed by atoms with E-state index in [-0.39, 0.29) is 11.2 Å². The van der Waals surface area contributed by atoms with E-state index in [1.54, 1.807) is 39.2 Å². The highest BCUT2D eigenvalue weighted by Gasteiger charge is 2.21. The van der Waals surface area contributed by atoms with E-state index in [9.17, 15) is 4.79 Å². The fourth-order valence-corrected chi connectivity index (χ4v) is 3.19. The summed E-state index contributed by atoms with van der Waals surface area (Å²) in [5.41, 5.74) is 0.625. The Hall–Kier alpha value is -1.44. The standard InChI is InChI=1S/C13H15Cl2N5OS/c1-7(12(21)19(2)3)22-13-18-17-11(20(13)16)9-5-4-8(14)6-10(9)15/h4-7H,16H2,1-3H3/t7-/m0/s1. The summed E-state index contributed by atoms with van der Waals surface area (Å²) in [6.07, 6.45) is 0. The van der Waals surface area contributed by atoms with Gasteiger partial charge in [-0.25, -0.2) is 4.68 Å². The molecule has 2 rings (SSSR count). The van der Waals surface area contributed by atoms with Gasteiger partial charge in [-0.15, -0.1) is 10.2 Å². The summed E-state index contributed by atoms with van der Waals surface area (Å²) < 4.78 is 1.32. The van der Waals surface area contributed by atoms with Crippen molar-refractivity contribution in [1.29, 1.82) is 0 Å². The van der Waals surface area contributed by atoms with Gasteiger partial charge >= 0.3 is 0 Å². The minimum absolute atomic E-state index is 0.0286. The molecule has 0 spiro atoms. The van der Waals surface area contributed by atoms with Gasteiger partial charge in [0, 0.05) is 24.7 Å². The lowest BCUT2D eigenvalue weighted by Gasteiger charge is -2.15. The maximum atomic E-state index is 11.9. The van der Waals surface area contributed by atoms with E-state index in [2.05, 4.69) is 10.2 Å². The molecule has 0 aliphatic heterocycles. The highest BCUT2D eigenvalue weighted by Crippen LogP contribution is 2.31. The number of nitrogen functional groups attached to an aromatic ring is 1. The fraction of sp³-hybridized carbons (Fsp3) is 0.308. The Morgan fingerprint density at radius 1 is 1.36 bits per heavy atom. The number of hydrogen-bond donors (Lipinski definition) is 1. The van der Waals surface area contributed by atoms with Crippen LogP contribution in [-0.2, 0) is 4.79 Å². The molecule has 1 aromatic heterocycles. The van der Waals surface area contributed by atoms with Crippen molar-refractivity contribution in [1.82, 2.24) is 19.8 Å². The molecule has 0 aliphatic rings. The molecule has 0 radical (unpaired) electrons. The summed E-state index contributed by atoms with van der Waals surface area (Å²) in [5, 5.41) is 9.14. The lowest BCUT2D eigenvalue weighted by Crippen LogP contribution is -2.30. The van der Waals surface area contributed by atoms with Gasteiger partial charge in [0.15, 0.2) is 5.82 Å². The van der Waals surface area contributed by atoms with Crippen LogP contribution in [0.1, 0.15) is 6.92 Å². The summed E-state index contributed by atoms with van der Waals surface area (Å²) in [7, 11) is 3.40. The highest BCUT2D eigenvalue weighted by atomic mass is 35.5. The molecule has 22 heavy (non-hydrogen) atoms. The van der Waals surface area contributed by atoms with Crippen LogP contribution >= 0.6 is 35.0 Å². The molecule has 1 aromatic carbocycles. The number of rotatable bonds is 4. The zero-order valence-electron chi connectivity index (χ0n) is 12.2. The average molecular weight is 360 g/mol. The second-order valence-electron chi connectivity index (χ2n) is 4.79.